The lowest BCUT2D eigenvalue weighted by Gasteiger charge is -2.21. The number of nitrogens with zero attached hydrogens (tertiary/aromatic N) is 3. The van der Waals surface area contributed by atoms with Crippen LogP contribution in [0.5, 0.6) is 0 Å². The van der Waals surface area contributed by atoms with Gasteiger partial charge in [0.1, 0.15) is 0 Å². The zero-order valence-corrected chi connectivity index (χ0v) is 17.0. The van der Waals surface area contributed by atoms with Crippen LogP contribution >= 0.6 is 0 Å². The van der Waals surface area contributed by atoms with Gasteiger partial charge in [-0.1, -0.05) is 56.3 Å². The summed E-state index contributed by atoms with van der Waals surface area (Å²) >= 11 is 0. The Morgan fingerprint density at radius 3 is 2.33 bits per heavy atom. The highest BCUT2D eigenvalue weighted by atomic mass is 32.2. The van der Waals surface area contributed by atoms with Gasteiger partial charge in [-0.25, -0.2) is 13.4 Å². The molecule has 0 aliphatic heterocycles. The lowest BCUT2D eigenvalue weighted by atomic mass is 10.2. The van der Waals surface area contributed by atoms with Gasteiger partial charge in [0.25, 0.3) is 0 Å². The second-order valence-corrected chi connectivity index (χ2v) is 8.94. The predicted octanol–water partition coefficient (Wildman–Crippen LogP) is 3.69. The molecule has 6 heteroatoms. The zero-order chi connectivity index (χ0) is 19.9. The van der Waals surface area contributed by atoms with Crippen molar-refractivity contribution >= 4 is 9.84 Å². The van der Waals surface area contributed by atoms with Gasteiger partial charge in [-0.3, -0.25) is 4.90 Å². The van der Waals surface area contributed by atoms with Crippen LogP contribution in [0.15, 0.2) is 67.0 Å². The van der Waals surface area contributed by atoms with Gasteiger partial charge < -0.3 is 4.57 Å². The number of imidazole rings is 1. The van der Waals surface area contributed by atoms with Crippen molar-refractivity contribution < 1.29 is 8.42 Å². The normalized spacial score (nSPS) is 11.9. The van der Waals surface area contributed by atoms with E-state index in [0.717, 1.165) is 11.3 Å². The highest BCUT2D eigenvalue weighted by Gasteiger charge is 2.24. The van der Waals surface area contributed by atoms with E-state index in [4.69, 9.17) is 0 Å². The summed E-state index contributed by atoms with van der Waals surface area (Å²) in [7, 11) is -3.54. The van der Waals surface area contributed by atoms with E-state index in [-0.39, 0.29) is 10.9 Å². The molecule has 2 rings (SSSR count). The van der Waals surface area contributed by atoms with Crippen molar-refractivity contribution in [2.75, 3.05) is 13.1 Å². The van der Waals surface area contributed by atoms with Crippen LogP contribution in [0.2, 0.25) is 0 Å². The Morgan fingerprint density at radius 2 is 1.78 bits per heavy atom. The molecule has 146 valence electrons. The lowest BCUT2D eigenvalue weighted by molar-refractivity contribution is 0.312. The summed E-state index contributed by atoms with van der Waals surface area (Å²) in [5.41, 5.74) is 1.65. The van der Waals surface area contributed by atoms with Gasteiger partial charge in [-0.05, 0) is 11.5 Å². The Balaban J connectivity index is 2.37. The lowest BCUT2D eigenvalue weighted by Crippen LogP contribution is -2.26. The first-order valence-corrected chi connectivity index (χ1v) is 10.8. The van der Waals surface area contributed by atoms with Gasteiger partial charge in [-0.2, -0.15) is 0 Å². The Kier molecular flexibility index (Phi) is 7.56. The maximum Gasteiger partial charge on any atom is 0.228 e. The molecule has 0 aliphatic carbocycles. The minimum Gasteiger partial charge on any atom is -0.317 e. The van der Waals surface area contributed by atoms with E-state index >= 15 is 0 Å². The summed E-state index contributed by atoms with van der Waals surface area (Å²) in [6.07, 6.45) is 5.35. The van der Waals surface area contributed by atoms with E-state index < -0.39 is 9.84 Å². The van der Waals surface area contributed by atoms with Crippen molar-refractivity contribution in [2.45, 2.75) is 37.8 Å². The number of hydrogen-bond acceptors (Lipinski definition) is 4. The minimum absolute atomic E-state index is 0.0502. The fraction of sp³-hybridized carbons (Fsp3) is 0.381. The second-order valence-electron chi connectivity index (χ2n) is 7.05. The largest absolute Gasteiger partial charge is 0.317 e. The van der Waals surface area contributed by atoms with Crippen LogP contribution in [0.4, 0.5) is 0 Å². The third kappa shape index (κ3) is 5.91. The van der Waals surface area contributed by atoms with Crippen LogP contribution in [-0.4, -0.2) is 36.0 Å². The molecule has 0 unspecified atom stereocenters. The zero-order valence-electron chi connectivity index (χ0n) is 16.2. The van der Waals surface area contributed by atoms with Crippen molar-refractivity contribution in [1.29, 1.82) is 0 Å². The van der Waals surface area contributed by atoms with E-state index in [1.165, 1.54) is 0 Å². The molecule has 0 aliphatic rings. The van der Waals surface area contributed by atoms with E-state index in [1.54, 1.807) is 6.20 Å². The van der Waals surface area contributed by atoms with Gasteiger partial charge in [0.05, 0.1) is 17.6 Å². The Labute approximate surface area is 163 Å². The van der Waals surface area contributed by atoms with Crippen LogP contribution in [-0.2, 0) is 28.7 Å². The maximum absolute atomic E-state index is 13.0. The number of benzene rings is 1. The van der Waals surface area contributed by atoms with Gasteiger partial charge in [0.15, 0.2) is 0 Å². The fourth-order valence-electron chi connectivity index (χ4n) is 2.98. The van der Waals surface area contributed by atoms with Gasteiger partial charge >= 0.3 is 0 Å². The van der Waals surface area contributed by atoms with Gasteiger partial charge in [-0.15, -0.1) is 13.2 Å². The molecule has 0 bridgehead atoms. The summed E-state index contributed by atoms with van der Waals surface area (Å²) in [6, 6.07) is 9.22. The topological polar surface area (TPSA) is 55.2 Å². The molecule has 5 nitrogen and oxygen atoms in total. The molecular formula is C21H29N3O2S. The molecule has 0 saturated carbocycles. The molecule has 1 heterocycles. The first-order valence-electron chi connectivity index (χ1n) is 9.12. The highest BCUT2D eigenvalue weighted by Crippen LogP contribution is 2.20. The van der Waals surface area contributed by atoms with Crippen molar-refractivity contribution in [3.63, 3.8) is 0 Å². The molecule has 0 amide bonds. The summed E-state index contributed by atoms with van der Waals surface area (Å²) in [5, 5.41) is 0.146. The van der Waals surface area contributed by atoms with Gasteiger partial charge in [0, 0.05) is 26.2 Å². The molecule has 27 heavy (non-hydrogen) atoms. The maximum atomic E-state index is 13.0. The SMILES string of the molecule is C=CCN(CC=C)Cc1cnc(S(=O)(=O)Cc2ccccc2)n1CC(C)C. The molecule has 0 saturated heterocycles. The number of aromatic nitrogens is 2. The molecule has 1 aromatic carbocycles. The minimum atomic E-state index is -3.54. The molecular weight excluding hydrogens is 358 g/mol. The second kappa shape index (κ2) is 9.67. The Morgan fingerprint density at radius 1 is 1.15 bits per heavy atom. The summed E-state index contributed by atoms with van der Waals surface area (Å²) in [5.74, 6) is 0.252. The number of hydrogen-bond donors (Lipinski definition) is 0. The molecule has 0 radical (unpaired) electrons. The van der Waals surface area contributed by atoms with Crippen LogP contribution in [0.25, 0.3) is 0 Å². The van der Waals surface area contributed by atoms with Gasteiger partial charge in [0.2, 0.25) is 15.0 Å². The summed E-state index contributed by atoms with van der Waals surface area (Å²) in [4.78, 5) is 6.45. The molecule has 0 spiro atoms. The van der Waals surface area contributed by atoms with E-state index in [1.807, 2.05) is 47.1 Å². The standard InChI is InChI=1S/C21H29N3O2S/c1-5-12-23(13-6-2)16-20-14-22-21(24(20)15-18(3)4)27(25,26)17-19-10-8-7-9-11-19/h5-11,14,18H,1-2,12-13,15-17H2,3-4H3. The molecule has 1 aromatic heterocycles. The number of sulfone groups is 1. The van der Waals surface area contributed by atoms with E-state index in [9.17, 15) is 8.42 Å². The van der Waals surface area contributed by atoms with Crippen LogP contribution in [0.1, 0.15) is 25.1 Å². The monoisotopic (exact) mass is 387 g/mol. The van der Waals surface area contributed by atoms with Crippen molar-refractivity contribution in [1.82, 2.24) is 14.5 Å². The quantitative estimate of drug-likeness (QED) is 0.552. The van der Waals surface area contributed by atoms with Crippen LogP contribution in [0.3, 0.4) is 0 Å². The van der Waals surface area contributed by atoms with Crippen LogP contribution < -0.4 is 0 Å². The smallest absolute Gasteiger partial charge is 0.228 e. The Hall–Kier alpha value is -2.18. The predicted molar refractivity (Wildman–Crippen MR) is 110 cm³/mol. The molecule has 0 N–H and O–H groups in total. The average molecular weight is 388 g/mol. The average Bonchev–Trinajstić information content (AvgIpc) is 2.98. The molecule has 2 aromatic rings. The van der Waals surface area contributed by atoms with Crippen molar-refractivity contribution in [3.05, 3.63) is 73.1 Å². The third-order valence-electron chi connectivity index (χ3n) is 4.09. The first kappa shape index (κ1) is 21.1. The van der Waals surface area contributed by atoms with E-state index in [2.05, 4.69) is 36.9 Å². The van der Waals surface area contributed by atoms with E-state index in [0.29, 0.717) is 32.1 Å². The molecule has 0 atom stereocenters. The highest BCUT2D eigenvalue weighted by molar-refractivity contribution is 7.90. The fourth-order valence-corrected chi connectivity index (χ4v) is 4.48. The third-order valence-corrected chi connectivity index (χ3v) is 5.68. The van der Waals surface area contributed by atoms with Crippen molar-refractivity contribution in [3.8, 4) is 0 Å². The summed E-state index contributed by atoms with van der Waals surface area (Å²) in [6.45, 7) is 14.3. The van der Waals surface area contributed by atoms with Crippen molar-refractivity contribution in [2.24, 2.45) is 5.92 Å². The first-order chi connectivity index (χ1) is 12.9. The number of rotatable bonds is 11. The summed E-state index contributed by atoms with van der Waals surface area (Å²) < 4.78 is 27.9. The molecule has 0 fully saturated rings. The Bertz CT molecular complexity index is 845. The van der Waals surface area contributed by atoms with Crippen LogP contribution in [0, 0.1) is 5.92 Å².